The second kappa shape index (κ2) is 7.03. The molecule has 0 spiro atoms. The maximum Gasteiger partial charge on any atom is 0.154 e. The van der Waals surface area contributed by atoms with Gasteiger partial charge in [-0.25, -0.2) is 9.36 Å². The van der Waals surface area contributed by atoms with Crippen molar-refractivity contribution < 1.29 is 0 Å². The van der Waals surface area contributed by atoms with Gasteiger partial charge in [0, 0.05) is 17.3 Å². The number of hydrogen-bond donors (Lipinski definition) is 0. The van der Waals surface area contributed by atoms with E-state index in [1.807, 2.05) is 0 Å². The van der Waals surface area contributed by atoms with Crippen LogP contribution in [0.3, 0.4) is 0 Å². The first-order valence-electron chi connectivity index (χ1n) is 9.50. The predicted molar refractivity (Wildman–Crippen MR) is 109 cm³/mol. The third-order valence-corrected chi connectivity index (χ3v) is 5.25. The summed E-state index contributed by atoms with van der Waals surface area (Å²) >= 11 is 0. The summed E-state index contributed by atoms with van der Waals surface area (Å²) in [5.74, 6) is 0.164. The van der Waals surface area contributed by atoms with Gasteiger partial charge in [-0.3, -0.25) is 0 Å². The zero-order valence-electron chi connectivity index (χ0n) is 16.4. The number of nitrogens with zero attached hydrogens (tertiary/aromatic N) is 4. The van der Waals surface area contributed by atoms with Crippen molar-refractivity contribution in [1.29, 1.82) is 0 Å². The molecule has 0 amide bonds. The Morgan fingerprint density at radius 3 is 1.89 bits per heavy atom. The molecule has 0 saturated carbocycles. The van der Waals surface area contributed by atoms with Crippen LogP contribution in [0.4, 0.5) is 0 Å². The highest BCUT2D eigenvalue weighted by Crippen LogP contribution is 2.40. The highest BCUT2D eigenvalue weighted by Gasteiger charge is 2.33. The molecule has 2 aromatic heterocycles. The van der Waals surface area contributed by atoms with Gasteiger partial charge in [-0.2, -0.15) is 10.2 Å². The minimum atomic E-state index is -0.0408. The van der Waals surface area contributed by atoms with E-state index < -0.39 is 0 Å². The molecule has 4 nitrogen and oxygen atoms in total. The van der Waals surface area contributed by atoms with Gasteiger partial charge in [0.1, 0.15) is 0 Å². The largest absolute Gasteiger partial charge is 0.244 e. The quantitative estimate of drug-likeness (QED) is 0.641. The first kappa shape index (κ1) is 17.5. The van der Waals surface area contributed by atoms with Crippen molar-refractivity contribution >= 4 is 0 Å². The average molecular weight is 358 g/mol. The van der Waals surface area contributed by atoms with E-state index in [0.717, 1.165) is 29.2 Å². The number of hydrogen-bond acceptors (Lipinski definition) is 2. The molecular formula is C23H26N4. The van der Waals surface area contributed by atoms with Gasteiger partial charge in [-0.05, 0) is 51.8 Å². The fraction of sp³-hybridized carbons (Fsp3) is 0.304. The lowest BCUT2D eigenvalue weighted by Gasteiger charge is -2.31. The van der Waals surface area contributed by atoms with Crippen molar-refractivity contribution in [2.24, 2.45) is 0 Å². The van der Waals surface area contributed by atoms with Gasteiger partial charge >= 0.3 is 0 Å². The maximum atomic E-state index is 4.86. The molecule has 0 bridgehead atoms. The summed E-state index contributed by atoms with van der Waals surface area (Å²) in [5.41, 5.74) is 7.05. The lowest BCUT2D eigenvalue weighted by atomic mass is 9.87. The Hall–Kier alpha value is -2.88. The van der Waals surface area contributed by atoms with Gasteiger partial charge < -0.3 is 0 Å². The first-order chi connectivity index (χ1) is 13.0. The molecule has 138 valence electrons. The molecule has 27 heavy (non-hydrogen) atoms. The van der Waals surface area contributed by atoms with Gasteiger partial charge in [0.15, 0.2) is 6.17 Å². The van der Waals surface area contributed by atoms with Gasteiger partial charge in [-0.15, -0.1) is 0 Å². The Morgan fingerprint density at radius 1 is 0.852 bits per heavy atom. The molecule has 2 heterocycles. The van der Waals surface area contributed by atoms with Crippen molar-refractivity contribution in [3.05, 3.63) is 94.6 Å². The van der Waals surface area contributed by atoms with Gasteiger partial charge in [-0.1, -0.05) is 54.1 Å². The molecule has 0 aliphatic heterocycles. The molecule has 4 rings (SSSR count). The van der Waals surface area contributed by atoms with Crippen molar-refractivity contribution in [3.63, 3.8) is 0 Å². The lowest BCUT2D eigenvalue weighted by molar-refractivity contribution is 0.309. The zero-order valence-corrected chi connectivity index (χ0v) is 16.4. The average Bonchev–Trinajstić information content (AvgIpc) is 3.35. The van der Waals surface area contributed by atoms with E-state index in [1.165, 1.54) is 11.1 Å². The molecule has 1 aliphatic rings. The highest BCUT2D eigenvalue weighted by atomic mass is 15.5. The van der Waals surface area contributed by atoms with Crippen LogP contribution in [0.5, 0.6) is 0 Å². The summed E-state index contributed by atoms with van der Waals surface area (Å²) in [6, 6.07) is 15.0. The van der Waals surface area contributed by atoms with Crippen LogP contribution in [0.25, 0.3) is 0 Å². The standard InChI is InChI=1S/C23H26N4/c1-16-14-18(3)26(24-16)23(27-19(4)15-17(2)25-27)22(21-12-8-9-13-21)20-10-6-5-7-11-20/h5-12,14-15,22-23H,13H2,1-4H3/t22-/m0/s1. The van der Waals surface area contributed by atoms with Crippen molar-refractivity contribution in [1.82, 2.24) is 19.6 Å². The van der Waals surface area contributed by atoms with Crippen LogP contribution in [-0.2, 0) is 0 Å². The molecule has 4 heteroatoms. The fourth-order valence-corrected chi connectivity index (χ4v) is 4.15. The molecule has 1 atom stereocenters. The monoisotopic (exact) mass is 358 g/mol. The van der Waals surface area contributed by atoms with Crippen molar-refractivity contribution in [3.8, 4) is 0 Å². The van der Waals surface area contributed by atoms with Crippen LogP contribution in [0, 0.1) is 27.7 Å². The van der Waals surface area contributed by atoms with Crippen LogP contribution in [-0.4, -0.2) is 19.6 Å². The van der Waals surface area contributed by atoms with Gasteiger partial charge in [0.05, 0.1) is 11.4 Å². The topological polar surface area (TPSA) is 35.6 Å². The van der Waals surface area contributed by atoms with E-state index in [4.69, 9.17) is 10.2 Å². The van der Waals surface area contributed by atoms with E-state index in [0.29, 0.717) is 0 Å². The third kappa shape index (κ3) is 3.27. The molecule has 1 aliphatic carbocycles. The summed E-state index contributed by atoms with van der Waals surface area (Å²) in [6.07, 6.45) is 7.56. The van der Waals surface area contributed by atoms with Crippen LogP contribution in [0.2, 0.25) is 0 Å². The molecule has 3 aromatic rings. The Bertz CT molecular complexity index is 958. The van der Waals surface area contributed by atoms with Crippen LogP contribution in [0.15, 0.2) is 66.3 Å². The molecule has 1 aromatic carbocycles. The number of allylic oxidation sites excluding steroid dienone is 4. The van der Waals surface area contributed by atoms with Gasteiger partial charge in [0.2, 0.25) is 0 Å². The molecular weight excluding hydrogens is 332 g/mol. The lowest BCUT2D eigenvalue weighted by Crippen LogP contribution is -2.30. The minimum absolute atomic E-state index is 0.0408. The fourth-order valence-electron chi connectivity index (χ4n) is 4.15. The second-order valence-corrected chi connectivity index (χ2v) is 7.42. The van der Waals surface area contributed by atoms with E-state index in [2.05, 4.69) is 97.8 Å². The van der Waals surface area contributed by atoms with E-state index >= 15 is 0 Å². The van der Waals surface area contributed by atoms with E-state index in [1.54, 1.807) is 0 Å². The number of aromatic nitrogens is 4. The molecule has 0 saturated heterocycles. The molecule has 0 unspecified atom stereocenters. The van der Waals surface area contributed by atoms with E-state index in [-0.39, 0.29) is 12.1 Å². The van der Waals surface area contributed by atoms with Gasteiger partial charge in [0.25, 0.3) is 0 Å². The smallest absolute Gasteiger partial charge is 0.154 e. The summed E-state index contributed by atoms with van der Waals surface area (Å²) in [6.45, 7) is 8.36. The summed E-state index contributed by atoms with van der Waals surface area (Å²) < 4.78 is 4.29. The molecule has 0 radical (unpaired) electrons. The highest BCUT2D eigenvalue weighted by molar-refractivity contribution is 5.37. The predicted octanol–water partition coefficient (Wildman–Crippen LogP) is 5.03. The number of rotatable bonds is 5. The van der Waals surface area contributed by atoms with Crippen LogP contribution in [0.1, 0.15) is 46.8 Å². The number of aryl methyl sites for hydroxylation is 4. The van der Waals surface area contributed by atoms with Crippen LogP contribution >= 0.6 is 0 Å². The summed E-state index contributed by atoms with van der Waals surface area (Å²) in [7, 11) is 0. The minimum Gasteiger partial charge on any atom is -0.244 e. The zero-order chi connectivity index (χ0) is 19.0. The number of benzene rings is 1. The van der Waals surface area contributed by atoms with Crippen molar-refractivity contribution in [2.75, 3.05) is 0 Å². The SMILES string of the molecule is Cc1cc(C)n(C([C@H](C2=CC=CC2)c2ccccc2)n2nc(C)cc2C)n1. The second-order valence-electron chi connectivity index (χ2n) is 7.42. The first-order valence-corrected chi connectivity index (χ1v) is 9.50. The third-order valence-electron chi connectivity index (χ3n) is 5.25. The summed E-state index contributed by atoms with van der Waals surface area (Å²) in [4.78, 5) is 0. The molecule has 0 N–H and O–H groups in total. The summed E-state index contributed by atoms with van der Waals surface area (Å²) in [5, 5.41) is 9.73. The maximum absolute atomic E-state index is 4.86. The Morgan fingerprint density at radius 2 is 1.44 bits per heavy atom. The van der Waals surface area contributed by atoms with Crippen molar-refractivity contribution in [2.45, 2.75) is 46.2 Å². The Balaban J connectivity index is 1.94. The molecule has 0 fully saturated rings. The Kier molecular flexibility index (Phi) is 4.56. The van der Waals surface area contributed by atoms with Crippen LogP contribution < -0.4 is 0 Å². The normalized spacial score (nSPS) is 14.8. The van der Waals surface area contributed by atoms with E-state index in [9.17, 15) is 0 Å². The Labute approximate surface area is 160 Å².